The number of carbonyl (C=O) groups is 2. The van der Waals surface area contributed by atoms with E-state index in [2.05, 4.69) is 9.47 Å². The standard InChI is InChI=1S/C9H10F6O4/c10-4-8(12,13)18-6(16)2-1-3-7(17)19-9(14,15)5-11/h1-5H2. The molecule has 19 heavy (non-hydrogen) atoms. The van der Waals surface area contributed by atoms with Crippen LogP contribution in [0, 0.1) is 0 Å². The summed E-state index contributed by atoms with van der Waals surface area (Å²) in [6.45, 7) is -4.41. The maximum Gasteiger partial charge on any atom is 0.429 e. The van der Waals surface area contributed by atoms with E-state index < -0.39 is 56.8 Å². The van der Waals surface area contributed by atoms with Crippen molar-refractivity contribution < 1.29 is 45.4 Å². The molecule has 0 aromatic rings. The maximum absolute atomic E-state index is 12.2. The van der Waals surface area contributed by atoms with Crippen LogP contribution in [-0.2, 0) is 19.1 Å². The van der Waals surface area contributed by atoms with Crippen molar-refractivity contribution in [3.63, 3.8) is 0 Å². The third-order valence-electron chi connectivity index (χ3n) is 1.60. The van der Waals surface area contributed by atoms with Crippen LogP contribution < -0.4 is 0 Å². The fraction of sp³-hybridized carbons (Fsp3) is 0.778. The van der Waals surface area contributed by atoms with Gasteiger partial charge < -0.3 is 9.47 Å². The molecule has 0 fully saturated rings. The molecule has 0 aliphatic rings. The predicted octanol–water partition coefficient (Wildman–Crippen LogP) is 2.37. The Kier molecular flexibility index (Phi) is 6.63. The average Bonchev–Trinajstić information content (AvgIpc) is 2.27. The van der Waals surface area contributed by atoms with Crippen LogP contribution >= 0.6 is 0 Å². The minimum atomic E-state index is -4.27. The van der Waals surface area contributed by atoms with E-state index in [1.165, 1.54) is 0 Å². The highest BCUT2D eigenvalue weighted by molar-refractivity contribution is 5.72. The van der Waals surface area contributed by atoms with Gasteiger partial charge in [-0.1, -0.05) is 0 Å². The molecule has 0 amide bonds. The van der Waals surface area contributed by atoms with Crippen LogP contribution in [-0.4, -0.2) is 37.5 Å². The first-order valence-electron chi connectivity index (χ1n) is 4.93. The molecule has 0 N–H and O–H groups in total. The molecular formula is C9H10F6O4. The molecule has 0 saturated carbocycles. The summed E-state index contributed by atoms with van der Waals surface area (Å²) in [5, 5.41) is 0. The fourth-order valence-electron chi connectivity index (χ4n) is 0.867. The fourth-order valence-corrected chi connectivity index (χ4v) is 0.867. The molecule has 0 bridgehead atoms. The quantitative estimate of drug-likeness (QED) is 0.510. The second-order valence-corrected chi connectivity index (χ2v) is 3.34. The second kappa shape index (κ2) is 7.19. The lowest BCUT2D eigenvalue weighted by molar-refractivity contribution is -0.239. The van der Waals surface area contributed by atoms with Crippen molar-refractivity contribution in [2.75, 3.05) is 13.3 Å². The summed E-state index contributed by atoms with van der Waals surface area (Å²) < 4.78 is 78.8. The van der Waals surface area contributed by atoms with E-state index in [0.29, 0.717) is 0 Å². The van der Waals surface area contributed by atoms with Gasteiger partial charge in [0.25, 0.3) is 0 Å². The van der Waals surface area contributed by atoms with Crippen molar-refractivity contribution >= 4 is 11.9 Å². The van der Waals surface area contributed by atoms with Gasteiger partial charge in [-0.15, -0.1) is 0 Å². The third-order valence-corrected chi connectivity index (χ3v) is 1.60. The number of hydrogen-bond acceptors (Lipinski definition) is 4. The Morgan fingerprint density at radius 3 is 1.37 bits per heavy atom. The summed E-state index contributed by atoms with van der Waals surface area (Å²) in [5.41, 5.74) is 0. The van der Waals surface area contributed by atoms with E-state index in [0.717, 1.165) is 0 Å². The van der Waals surface area contributed by atoms with E-state index in [1.807, 2.05) is 0 Å². The number of hydrogen-bond donors (Lipinski definition) is 0. The van der Waals surface area contributed by atoms with E-state index in [9.17, 15) is 35.9 Å². The van der Waals surface area contributed by atoms with Crippen LogP contribution in [0.5, 0.6) is 0 Å². The zero-order valence-electron chi connectivity index (χ0n) is 9.44. The number of halogens is 6. The lowest BCUT2D eigenvalue weighted by Gasteiger charge is -2.13. The van der Waals surface area contributed by atoms with E-state index in [4.69, 9.17) is 0 Å². The Morgan fingerprint density at radius 1 is 0.789 bits per heavy atom. The molecule has 0 aliphatic heterocycles. The summed E-state index contributed by atoms with van der Waals surface area (Å²) in [5.74, 6) is -3.01. The summed E-state index contributed by atoms with van der Waals surface area (Å²) in [7, 11) is 0. The van der Waals surface area contributed by atoms with Crippen LogP contribution in [0.15, 0.2) is 0 Å². The highest BCUT2D eigenvalue weighted by Gasteiger charge is 2.35. The highest BCUT2D eigenvalue weighted by atomic mass is 19.3. The van der Waals surface area contributed by atoms with Crippen LogP contribution in [0.3, 0.4) is 0 Å². The van der Waals surface area contributed by atoms with E-state index >= 15 is 0 Å². The molecular weight excluding hydrogens is 286 g/mol. The molecule has 10 heteroatoms. The van der Waals surface area contributed by atoms with Crippen molar-refractivity contribution in [2.24, 2.45) is 0 Å². The predicted molar refractivity (Wildman–Crippen MR) is 47.9 cm³/mol. The van der Waals surface area contributed by atoms with Gasteiger partial charge in [0.2, 0.25) is 0 Å². The van der Waals surface area contributed by atoms with Gasteiger partial charge in [-0.25, -0.2) is 8.78 Å². The van der Waals surface area contributed by atoms with Crippen LogP contribution in [0.25, 0.3) is 0 Å². The van der Waals surface area contributed by atoms with Crippen molar-refractivity contribution in [1.29, 1.82) is 0 Å². The number of carbonyl (C=O) groups excluding carboxylic acids is 2. The number of ether oxygens (including phenoxy) is 2. The Balaban J connectivity index is 3.92. The SMILES string of the molecule is O=C(CCCC(=O)OC(F)(F)CF)OC(F)(F)CF. The summed E-state index contributed by atoms with van der Waals surface area (Å²) in [6.07, 6.45) is -10.4. The molecule has 0 saturated heterocycles. The molecule has 4 nitrogen and oxygen atoms in total. The Bertz CT molecular complexity index is 290. The number of alkyl halides is 6. The zero-order chi connectivity index (χ0) is 15.1. The molecule has 0 aromatic carbocycles. The normalized spacial score (nSPS) is 12.1. The van der Waals surface area contributed by atoms with Gasteiger partial charge in [0.1, 0.15) is 0 Å². The Hall–Kier alpha value is -1.48. The Labute approximate surface area is 103 Å². The van der Waals surface area contributed by atoms with Gasteiger partial charge in [-0.2, -0.15) is 17.6 Å². The molecule has 0 radical (unpaired) electrons. The highest BCUT2D eigenvalue weighted by Crippen LogP contribution is 2.19. The van der Waals surface area contributed by atoms with Crippen LogP contribution in [0.1, 0.15) is 19.3 Å². The van der Waals surface area contributed by atoms with Crippen molar-refractivity contribution in [2.45, 2.75) is 31.5 Å². The molecule has 0 atom stereocenters. The second-order valence-electron chi connectivity index (χ2n) is 3.34. The summed E-state index contributed by atoms with van der Waals surface area (Å²) >= 11 is 0. The summed E-state index contributed by atoms with van der Waals surface area (Å²) in [6, 6.07) is 0. The van der Waals surface area contributed by atoms with E-state index in [1.54, 1.807) is 0 Å². The first kappa shape index (κ1) is 17.5. The molecule has 0 spiro atoms. The maximum atomic E-state index is 12.2. The van der Waals surface area contributed by atoms with Crippen LogP contribution in [0.4, 0.5) is 26.3 Å². The average molecular weight is 296 g/mol. The zero-order valence-corrected chi connectivity index (χ0v) is 9.44. The minimum absolute atomic E-state index is 0.442. The van der Waals surface area contributed by atoms with Crippen LogP contribution in [0.2, 0.25) is 0 Å². The monoisotopic (exact) mass is 296 g/mol. The first-order valence-corrected chi connectivity index (χ1v) is 4.93. The first-order chi connectivity index (χ1) is 8.62. The summed E-state index contributed by atoms with van der Waals surface area (Å²) in [4.78, 5) is 21.4. The Morgan fingerprint density at radius 2 is 1.11 bits per heavy atom. The van der Waals surface area contributed by atoms with Gasteiger partial charge in [-0.05, 0) is 6.42 Å². The topological polar surface area (TPSA) is 52.6 Å². The van der Waals surface area contributed by atoms with Gasteiger partial charge in [0.05, 0.1) is 0 Å². The largest absolute Gasteiger partial charge is 0.429 e. The van der Waals surface area contributed by atoms with Crippen molar-refractivity contribution in [1.82, 2.24) is 0 Å². The molecule has 112 valence electrons. The lowest BCUT2D eigenvalue weighted by atomic mass is 10.2. The third kappa shape index (κ3) is 8.27. The van der Waals surface area contributed by atoms with Gasteiger partial charge >= 0.3 is 24.2 Å². The molecule has 0 aromatic heterocycles. The molecule has 0 rings (SSSR count). The van der Waals surface area contributed by atoms with E-state index in [-0.39, 0.29) is 0 Å². The molecule has 0 unspecified atom stereocenters. The number of esters is 2. The smallest absolute Gasteiger partial charge is 0.399 e. The van der Waals surface area contributed by atoms with Gasteiger partial charge in [-0.3, -0.25) is 9.59 Å². The van der Waals surface area contributed by atoms with Crippen molar-refractivity contribution in [3.8, 4) is 0 Å². The minimum Gasteiger partial charge on any atom is -0.399 e. The van der Waals surface area contributed by atoms with Crippen molar-refractivity contribution in [3.05, 3.63) is 0 Å². The molecule has 0 heterocycles. The number of rotatable bonds is 8. The van der Waals surface area contributed by atoms with Gasteiger partial charge in [0, 0.05) is 12.8 Å². The lowest BCUT2D eigenvalue weighted by Crippen LogP contribution is -2.28. The van der Waals surface area contributed by atoms with Gasteiger partial charge in [0.15, 0.2) is 13.3 Å². The molecule has 0 aliphatic carbocycles.